The molecule has 1 aromatic rings. The molecule has 4 heteroatoms. The Bertz CT molecular complexity index is 399. The largest absolute Gasteiger partial charge is 0.495 e. The predicted molar refractivity (Wildman–Crippen MR) is 61.8 cm³/mol. The van der Waals surface area contributed by atoms with Gasteiger partial charge >= 0.3 is 0 Å². The Morgan fingerprint density at radius 2 is 2.12 bits per heavy atom. The lowest BCUT2D eigenvalue weighted by atomic mass is 10.0. The van der Waals surface area contributed by atoms with Crippen molar-refractivity contribution in [3.8, 4) is 5.75 Å². The Balaban J connectivity index is 3.06. The highest BCUT2D eigenvalue weighted by Crippen LogP contribution is 2.28. The minimum Gasteiger partial charge on any atom is -0.495 e. The van der Waals surface area contributed by atoms with Gasteiger partial charge in [0.15, 0.2) is 0 Å². The van der Waals surface area contributed by atoms with Gasteiger partial charge in [0.25, 0.3) is 5.91 Å². The van der Waals surface area contributed by atoms with Crippen LogP contribution in [0.2, 0.25) is 0 Å². The lowest BCUT2D eigenvalue weighted by molar-refractivity contribution is -0.127. The lowest BCUT2D eigenvalue weighted by Crippen LogP contribution is -2.13. The molecule has 0 fully saturated rings. The molecule has 0 saturated carbocycles. The maximum absolute atomic E-state index is 11.0. The first-order chi connectivity index (χ1) is 7.58. The molecule has 0 atom stereocenters. The van der Waals surface area contributed by atoms with Crippen LogP contribution in [0.15, 0.2) is 18.2 Å². The fraction of sp³-hybridized carbons (Fsp3) is 0.333. The maximum Gasteiger partial charge on any atom is 0.288 e. The minimum atomic E-state index is -0.681. The van der Waals surface area contributed by atoms with Gasteiger partial charge in [0.1, 0.15) is 5.75 Å². The second-order valence-corrected chi connectivity index (χ2v) is 3.72. The summed E-state index contributed by atoms with van der Waals surface area (Å²) < 4.78 is 5.09. The van der Waals surface area contributed by atoms with Gasteiger partial charge in [-0.05, 0) is 23.6 Å². The highest BCUT2D eigenvalue weighted by molar-refractivity contribution is 6.29. The van der Waals surface area contributed by atoms with Crippen LogP contribution in [0.25, 0.3) is 0 Å². The van der Waals surface area contributed by atoms with E-state index in [1.807, 2.05) is 26.0 Å². The summed E-state index contributed by atoms with van der Waals surface area (Å²) in [6.07, 6.45) is 0.238. The first kappa shape index (κ1) is 12.2. The van der Waals surface area contributed by atoms with Crippen molar-refractivity contribution in [2.24, 2.45) is 0 Å². The van der Waals surface area contributed by atoms with Crippen LogP contribution in [0.1, 0.15) is 25.3 Å². The molecular weight excluding hydrogens is 206 g/mol. The number of rotatable bonds is 4. The van der Waals surface area contributed by atoms with Crippen molar-refractivity contribution in [2.75, 3.05) is 12.4 Å². The molecule has 1 rings (SSSR count). The number of amides is 1. The summed E-state index contributed by atoms with van der Waals surface area (Å²) in [4.78, 5) is 21.3. The van der Waals surface area contributed by atoms with E-state index in [2.05, 4.69) is 5.32 Å². The van der Waals surface area contributed by atoms with Gasteiger partial charge in [-0.1, -0.05) is 19.9 Å². The standard InChI is InChI=1S/C12H15NO3/c1-8(2)9-4-5-11(16-3)10(6-9)13-12(15)7-14/h4-8H,1-3H3,(H,13,15). The lowest BCUT2D eigenvalue weighted by Gasteiger charge is -2.12. The smallest absolute Gasteiger partial charge is 0.288 e. The summed E-state index contributed by atoms with van der Waals surface area (Å²) in [7, 11) is 1.51. The van der Waals surface area contributed by atoms with E-state index in [0.29, 0.717) is 17.4 Å². The maximum atomic E-state index is 11.0. The molecule has 0 saturated heterocycles. The van der Waals surface area contributed by atoms with Crippen LogP contribution >= 0.6 is 0 Å². The fourth-order valence-electron chi connectivity index (χ4n) is 1.34. The molecule has 4 nitrogen and oxygen atoms in total. The van der Waals surface area contributed by atoms with E-state index in [9.17, 15) is 9.59 Å². The summed E-state index contributed by atoms with van der Waals surface area (Å²) in [5.41, 5.74) is 1.59. The Labute approximate surface area is 94.6 Å². The van der Waals surface area contributed by atoms with E-state index in [-0.39, 0.29) is 6.29 Å². The van der Waals surface area contributed by atoms with E-state index < -0.39 is 5.91 Å². The van der Waals surface area contributed by atoms with E-state index in [0.717, 1.165) is 5.56 Å². The molecule has 0 unspecified atom stereocenters. The quantitative estimate of drug-likeness (QED) is 0.624. The third-order valence-corrected chi connectivity index (χ3v) is 2.26. The van der Waals surface area contributed by atoms with Crippen LogP contribution in [-0.4, -0.2) is 19.3 Å². The molecule has 0 aliphatic heterocycles. The molecule has 1 amide bonds. The van der Waals surface area contributed by atoms with Crippen LogP contribution in [-0.2, 0) is 9.59 Å². The van der Waals surface area contributed by atoms with Crippen molar-refractivity contribution >= 4 is 17.9 Å². The predicted octanol–water partition coefficient (Wildman–Crippen LogP) is 1.96. The average molecular weight is 221 g/mol. The van der Waals surface area contributed by atoms with Gasteiger partial charge in [-0.2, -0.15) is 0 Å². The molecule has 0 radical (unpaired) electrons. The van der Waals surface area contributed by atoms with E-state index >= 15 is 0 Å². The summed E-state index contributed by atoms with van der Waals surface area (Å²) >= 11 is 0. The number of nitrogens with one attached hydrogen (secondary N) is 1. The van der Waals surface area contributed by atoms with Gasteiger partial charge in [-0.15, -0.1) is 0 Å². The van der Waals surface area contributed by atoms with Crippen molar-refractivity contribution in [2.45, 2.75) is 19.8 Å². The molecule has 0 spiro atoms. The van der Waals surface area contributed by atoms with Crippen molar-refractivity contribution in [3.05, 3.63) is 23.8 Å². The molecule has 0 heterocycles. The summed E-state index contributed by atoms with van der Waals surface area (Å²) in [6.45, 7) is 4.10. The van der Waals surface area contributed by atoms with Crippen LogP contribution < -0.4 is 10.1 Å². The normalized spacial score (nSPS) is 10.0. The third-order valence-electron chi connectivity index (χ3n) is 2.26. The monoisotopic (exact) mass is 221 g/mol. The number of ether oxygens (including phenoxy) is 1. The summed E-state index contributed by atoms with van der Waals surface area (Å²) in [5.74, 6) is 0.205. The molecule has 0 aromatic heterocycles. The summed E-state index contributed by atoms with van der Waals surface area (Å²) in [5, 5.41) is 2.47. The van der Waals surface area contributed by atoms with Gasteiger partial charge in [0.05, 0.1) is 12.8 Å². The highest BCUT2D eigenvalue weighted by Gasteiger charge is 2.09. The molecule has 0 bridgehead atoms. The zero-order valence-electron chi connectivity index (χ0n) is 9.61. The molecule has 1 N–H and O–H groups in total. The zero-order valence-corrected chi connectivity index (χ0v) is 9.61. The van der Waals surface area contributed by atoms with Gasteiger partial charge in [0.2, 0.25) is 6.29 Å². The van der Waals surface area contributed by atoms with Gasteiger partial charge in [-0.3, -0.25) is 9.59 Å². The Morgan fingerprint density at radius 3 is 2.62 bits per heavy atom. The first-order valence-electron chi connectivity index (χ1n) is 5.02. The number of benzene rings is 1. The molecule has 86 valence electrons. The van der Waals surface area contributed by atoms with Crippen LogP contribution in [0, 0.1) is 0 Å². The van der Waals surface area contributed by atoms with Crippen LogP contribution in [0.5, 0.6) is 5.75 Å². The number of carbonyl (C=O) groups is 2. The number of hydrogen-bond acceptors (Lipinski definition) is 3. The second kappa shape index (κ2) is 5.30. The number of hydrogen-bond donors (Lipinski definition) is 1. The topological polar surface area (TPSA) is 55.4 Å². The number of aldehydes is 1. The average Bonchev–Trinajstić information content (AvgIpc) is 2.28. The van der Waals surface area contributed by atoms with Crippen molar-refractivity contribution in [3.63, 3.8) is 0 Å². The van der Waals surface area contributed by atoms with Crippen molar-refractivity contribution in [1.29, 1.82) is 0 Å². The Kier molecular flexibility index (Phi) is 4.05. The minimum absolute atomic E-state index is 0.238. The fourth-order valence-corrected chi connectivity index (χ4v) is 1.34. The summed E-state index contributed by atoms with van der Waals surface area (Å²) in [6, 6.07) is 5.51. The second-order valence-electron chi connectivity index (χ2n) is 3.72. The zero-order chi connectivity index (χ0) is 12.1. The first-order valence-corrected chi connectivity index (χ1v) is 5.02. The SMILES string of the molecule is COc1ccc(C(C)C)cc1NC(=O)C=O. The Hall–Kier alpha value is -1.84. The van der Waals surface area contributed by atoms with Gasteiger partial charge in [0, 0.05) is 0 Å². The third kappa shape index (κ3) is 2.82. The Morgan fingerprint density at radius 1 is 1.44 bits per heavy atom. The number of methoxy groups -OCH3 is 1. The van der Waals surface area contributed by atoms with Crippen LogP contribution in [0.4, 0.5) is 5.69 Å². The van der Waals surface area contributed by atoms with E-state index in [1.165, 1.54) is 7.11 Å². The van der Waals surface area contributed by atoms with Gasteiger partial charge < -0.3 is 10.1 Å². The molecule has 1 aromatic carbocycles. The molecule has 16 heavy (non-hydrogen) atoms. The highest BCUT2D eigenvalue weighted by atomic mass is 16.5. The van der Waals surface area contributed by atoms with Gasteiger partial charge in [-0.25, -0.2) is 0 Å². The van der Waals surface area contributed by atoms with E-state index in [1.54, 1.807) is 6.07 Å². The number of anilines is 1. The molecular formula is C12H15NO3. The van der Waals surface area contributed by atoms with E-state index in [4.69, 9.17) is 4.74 Å². The molecule has 0 aliphatic rings. The van der Waals surface area contributed by atoms with Crippen LogP contribution in [0.3, 0.4) is 0 Å². The number of carbonyl (C=O) groups excluding carboxylic acids is 2. The molecule has 0 aliphatic carbocycles. The van der Waals surface area contributed by atoms with Crippen molar-refractivity contribution in [1.82, 2.24) is 0 Å². The van der Waals surface area contributed by atoms with Crippen molar-refractivity contribution < 1.29 is 14.3 Å².